The summed E-state index contributed by atoms with van der Waals surface area (Å²) in [6, 6.07) is 11.5. The van der Waals surface area contributed by atoms with Crippen LogP contribution in [0.3, 0.4) is 0 Å². The van der Waals surface area contributed by atoms with Crippen LogP contribution in [0.4, 0.5) is 0 Å². The minimum Gasteiger partial charge on any atom is -0.309 e. The van der Waals surface area contributed by atoms with Gasteiger partial charge in [0.25, 0.3) is 0 Å². The largest absolute Gasteiger partial charge is 0.309 e. The maximum absolute atomic E-state index is 3.72. The molecule has 1 heterocycles. The van der Waals surface area contributed by atoms with Gasteiger partial charge in [-0.15, -0.1) is 11.3 Å². The van der Waals surface area contributed by atoms with Crippen LogP contribution in [-0.4, -0.2) is 6.54 Å². The summed E-state index contributed by atoms with van der Waals surface area (Å²) in [5.41, 5.74) is 3.10. The number of halogens is 1. The fraction of sp³-hybridized carbons (Fsp3) is 0.412. The molecule has 1 aromatic carbocycles. The van der Waals surface area contributed by atoms with Gasteiger partial charge in [-0.25, -0.2) is 0 Å². The van der Waals surface area contributed by atoms with E-state index in [0.29, 0.717) is 6.04 Å². The summed E-state index contributed by atoms with van der Waals surface area (Å²) >= 11 is 5.55. The first kappa shape index (κ1) is 14.3. The molecule has 1 aliphatic carbocycles. The number of fused-ring (bicyclic) bond motifs is 1. The summed E-state index contributed by atoms with van der Waals surface area (Å²) in [6.45, 7) is 3.32. The van der Waals surface area contributed by atoms with Crippen LogP contribution in [0.2, 0.25) is 0 Å². The van der Waals surface area contributed by atoms with Crippen molar-refractivity contribution in [2.24, 2.45) is 0 Å². The lowest BCUT2D eigenvalue weighted by Gasteiger charge is -2.33. The van der Waals surface area contributed by atoms with Gasteiger partial charge >= 0.3 is 0 Å². The van der Waals surface area contributed by atoms with Gasteiger partial charge in [0, 0.05) is 15.4 Å². The molecule has 0 saturated heterocycles. The third kappa shape index (κ3) is 2.85. The topological polar surface area (TPSA) is 12.0 Å². The molecule has 2 unspecified atom stereocenters. The molecule has 1 nitrogen and oxygen atoms in total. The quantitative estimate of drug-likeness (QED) is 0.747. The predicted molar refractivity (Wildman–Crippen MR) is 90.6 cm³/mol. The molecule has 20 heavy (non-hydrogen) atoms. The number of hydrogen-bond donors (Lipinski definition) is 1. The Morgan fingerprint density at radius 1 is 1.35 bits per heavy atom. The zero-order valence-electron chi connectivity index (χ0n) is 11.7. The molecule has 3 rings (SSSR count). The van der Waals surface area contributed by atoms with Crippen LogP contribution < -0.4 is 5.32 Å². The highest BCUT2D eigenvalue weighted by atomic mass is 79.9. The summed E-state index contributed by atoms with van der Waals surface area (Å²) in [6.07, 6.45) is 3.63. The molecule has 2 atom stereocenters. The standard InChI is InChI=1S/C17H20BrNS/c1-2-8-19-16(17-15(18)7-9-20-17)11-13-10-12-5-3-4-6-14(12)13/h3-7,9,13,16,19H,2,8,10-11H2,1H3. The Kier molecular flexibility index (Phi) is 4.59. The molecule has 106 valence electrons. The van der Waals surface area contributed by atoms with Gasteiger partial charge in [0.15, 0.2) is 0 Å². The van der Waals surface area contributed by atoms with Gasteiger partial charge in [-0.3, -0.25) is 0 Å². The zero-order valence-corrected chi connectivity index (χ0v) is 14.1. The van der Waals surface area contributed by atoms with Gasteiger partial charge in [-0.2, -0.15) is 0 Å². The van der Waals surface area contributed by atoms with Crippen LogP contribution in [0.15, 0.2) is 40.2 Å². The number of hydrogen-bond acceptors (Lipinski definition) is 2. The first-order valence-electron chi connectivity index (χ1n) is 7.33. The molecule has 2 aromatic rings. The summed E-state index contributed by atoms with van der Waals surface area (Å²) < 4.78 is 1.25. The molecule has 1 aromatic heterocycles. The molecule has 0 bridgehead atoms. The highest BCUT2D eigenvalue weighted by Gasteiger charge is 2.29. The third-order valence-corrected chi connectivity index (χ3v) is 6.07. The Hall–Kier alpha value is -0.640. The van der Waals surface area contributed by atoms with Crippen LogP contribution in [0.1, 0.15) is 47.7 Å². The van der Waals surface area contributed by atoms with E-state index < -0.39 is 0 Å². The van der Waals surface area contributed by atoms with Crippen LogP contribution in [-0.2, 0) is 6.42 Å². The van der Waals surface area contributed by atoms with Crippen molar-refractivity contribution in [3.63, 3.8) is 0 Å². The van der Waals surface area contributed by atoms with E-state index in [2.05, 4.69) is 63.9 Å². The van der Waals surface area contributed by atoms with E-state index in [1.165, 1.54) is 34.2 Å². The molecule has 1 N–H and O–H groups in total. The van der Waals surface area contributed by atoms with E-state index in [-0.39, 0.29) is 0 Å². The average Bonchev–Trinajstić information content (AvgIpc) is 2.86. The van der Waals surface area contributed by atoms with Crippen molar-refractivity contribution in [2.75, 3.05) is 6.54 Å². The van der Waals surface area contributed by atoms with E-state index in [9.17, 15) is 0 Å². The SMILES string of the molecule is CCCNC(CC1Cc2ccccc21)c1sccc1Br. The molecule has 0 spiro atoms. The summed E-state index contributed by atoms with van der Waals surface area (Å²) in [4.78, 5) is 1.45. The second kappa shape index (κ2) is 6.42. The van der Waals surface area contributed by atoms with E-state index >= 15 is 0 Å². The number of thiophene rings is 1. The second-order valence-electron chi connectivity index (χ2n) is 5.48. The Labute approximate surface area is 133 Å². The van der Waals surface area contributed by atoms with Crippen molar-refractivity contribution in [1.29, 1.82) is 0 Å². The zero-order chi connectivity index (χ0) is 13.9. The van der Waals surface area contributed by atoms with Crippen molar-refractivity contribution >= 4 is 27.3 Å². The van der Waals surface area contributed by atoms with Crippen molar-refractivity contribution in [1.82, 2.24) is 5.32 Å². The lowest BCUT2D eigenvalue weighted by Crippen LogP contribution is -2.27. The van der Waals surface area contributed by atoms with Crippen LogP contribution in [0.5, 0.6) is 0 Å². The highest BCUT2D eigenvalue weighted by Crippen LogP contribution is 2.42. The van der Waals surface area contributed by atoms with E-state index in [0.717, 1.165) is 12.5 Å². The van der Waals surface area contributed by atoms with Crippen molar-refractivity contribution < 1.29 is 0 Å². The summed E-state index contributed by atoms with van der Waals surface area (Å²) in [7, 11) is 0. The van der Waals surface area contributed by atoms with Crippen molar-refractivity contribution in [3.8, 4) is 0 Å². The number of rotatable bonds is 6. The lowest BCUT2D eigenvalue weighted by atomic mass is 9.74. The second-order valence-corrected chi connectivity index (χ2v) is 7.28. The first-order chi connectivity index (χ1) is 9.79. The minimum absolute atomic E-state index is 0.475. The fourth-order valence-electron chi connectivity index (χ4n) is 3.01. The van der Waals surface area contributed by atoms with Crippen LogP contribution >= 0.6 is 27.3 Å². The summed E-state index contributed by atoms with van der Waals surface area (Å²) in [5, 5.41) is 5.90. The third-order valence-electron chi connectivity index (χ3n) is 4.08. The van der Waals surface area contributed by atoms with Gasteiger partial charge in [0.05, 0.1) is 0 Å². The normalized spacial score (nSPS) is 18.4. The van der Waals surface area contributed by atoms with E-state index in [1.54, 1.807) is 5.56 Å². The van der Waals surface area contributed by atoms with Gasteiger partial charge in [-0.1, -0.05) is 31.2 Å². The Morgan fingerprint density at radius 3 is 2.90 bits per heavy atom. The maximum Gasteiger partial charge on any atom is 0.0432 e. The average molecular weight is 350 g/mol. The molecule has 0 radical (unpaired) electrons. The molecule has 0 amide bonds. The molecule has 0 saturated carbocycles. The Morgan fingerprint density at radius 2 is 2.20 bits per heavy atom. The van der Waals surface area contributed by atoms with E-state index in [4.69, 9.17) is 0 Å². The minimum atomic E-state index is 0.475. The fourth-order valence-corrected chi connectivity index (χ4v) is 4.75. The number of nitrogens with one attached hydrogen (secondary N) is 1. The molecule has 1 aliphatic rings. The lowest BCUT2D eigenvalue weighted by molar-refractivity contribution is 0.432. The molecular weight excluding hydrogens is 330 g/mol. The smallest absolute Gasteiger partial charge is 0.0432 e. The summed E-state index contributed by atoms with van der Waals surface area (Å²) in [5.74, 6) is 0.717. The van der Waals surface area contributed by atoms with Crippen molar-refractivity contribution in [3.05, 3.63) is 56.2 Å². The van der Waals surface area contributed by atoms with Gasteiger partial charge in [0.2, 0.25) is 0 Å². The van der Waals surface area contributed by atoms with Gasteiger partial charge in [-0.05, 0) is 70.2 Å². The molecule has 0 fully saturated rings. The first-order valence-corrected chi connectivity index (χ1v) is 9.01. The van der Waals surface area contributed by atoms with E-state index in [1.807, 2.05) is 11.3 Å². The highest BCUT2D eigenvalue weighted by molar-refractivity contribution is 9.10. The van der Waals surface area contributed by atoms with Gasteiger partial charge < -0.3 is 5.32 Å². The van der Waals surface area contributed by atoms with Gasteiger partial charge in [0.1, 0.15) is 0 Å². The Balaban J connectivity index is 1.73. The monoisotopic (exact) mass is 349 g/mol. The maximum atomic E-state index is 3.72. The Bertz CT molecular complexity index is 578. The number of benzene rings is 1. The molecule has 3 heteroatoms. The van der Waals surface area contributed by atoms with Crippen LogP contribution in [0, 0.1) is 0 Å². The van der Waals surface area contributed by atoms with Crippen LogP contribution in [0.25, 0.3) is 0 Å². The molecular formula is C17H20BrNS. The predicted octanol–water partition coefficient (Wildman–Crippen LogP) is 5.28. The van der Waals surface area contributed by atoms with Crippen molar-refractivity contribution in [2.45, 2.75) is 38.1 Å². The molecule has 0 aliphatic heterocycles.